The van der Waals surface area contributed by atoms with Crippen LogP contribution in [0.2, 0.25) is 5.02 Å². The third kappa shape index (κ3) is 5.89. The highest BCUT2D eigenvalue weighted by molar-refractivity contribution is 6.32. The summed E-state index contributed by atoms with van der Waals surface area (Å²) in [6.45, 7) is -0.0535. The van der Waals surface area contributed by atoms with Gasteiger partial charge in [-0.05, 0) is 54.6 Å². The lowest BCUT2D eigenvalue weighted by Gasteiger charge is -2.09. The van der Waals surface area contributed by atoms with Crippen LogP contribution in [0.1, 0.15) is 16.3 Å². The molecule has 1 N–H and O–H groups in total. The summed E-state index contributed by atoms with van der Waals surface area (Å²) in [7, 11) is 0. The zero-order valence-corrected chi connectivity index (χ0v) is 15.2. The number of furan rings is 1. The Balaban J connectivity index is 1.57. The molecule has 29 heavy (non-hydrogen) atoms. The van der Waals surface area contributed by atoms with Crippen molar-refractivity contribution in [2.75, 3.05) is 5.32 Å². The summed E-state index contributed by atoms with van der Waals surface area (Å²) in [4.78, 5) is 12.2. The SMILES string of the molecule is O=C(Nc1ccc(OC(F)(F)F)cc1)c1ccc(COc2ccc(F)cc2Cl)o1. The maximum absolute atomic E-state index is 13.0. The first-order chi connectivity index (χ1) is 13.7. The van der Waals surface area contributed by atoms with Crippen LogP contribution in [0.5, 0.6) is 11.5 Å². The highest BCUT2D eigenvalue weighted by atomic mass is 35.5. The second kappa shape index (κ2) is 8.44. The number of halogens is 5. The van der Waals surface area contributed by atoms with Crippen LogP contribution >= 0.6 is 11.6 Å². The van der Waals surface area contributed by atoms with E-state index in [9.17, 15) is 22.4 Å². The minimum absolute atomic E-state index is 0.0376. The van der Waals surface area contributed by atoms with Gasteiger partial charge in [0.05, 0.1) is 5.02 Å². The second-order valence-corrected chi connectivity index (χ2v) is 6.06. The number of hydrogen-bond acceptors (Lipinski definition) is 4. The van der Waals surface area contributed by atoms with Crippen molar-refractivity contribution in [3.63, 3.8) is 0 Å². The molecular weight excluding hydrogens is 418 g/mol. The molecule has 0 aliphatic heterocycles. The third-order valence-electron chi connectivity index (χ3n) is 3.50. The summed E-state index contributed by atoms with van der Waals surface area (Å²) in [5, 5.41) is 2.57. The Morgan fingerprint density at radius 1 is 1.07 bits per heavy atom. The molecule has 1 amide bonds. The van der Waals surface area contributed by atoms with Gasteiger partial charge in [0.1, 0.15) is 29.7 Å². The molecule has 5 nitrogen and oxygen atoms in total. The Morgan fingerprint density at radius 2 is 1.79 bits per heavy atom. The topological polar surface area (TPSA) is 60.7 Å². The number of rotatable bonds is 6. The summed E-state index contributed by atoms with van der Waals surface area (Å²) in [6.07, 6.45) is -4.80. The van der Waals surface area contributed by atoms with Gasteiger partial charge < -0.3 is 19.2 Å². The van der Waals surface area contributed by atoms with Crippen LogP contribution in [-0.4, -0.2) is 12.3 Å². The highest BCUT2D eigenvalue weighted by Crippen LogP contribution is 2.26. The van der Waals surface area contributed by atoms with Crippen LogP contribution in [0, 0.1) is 5.82 Å². The molecule has 3 aromatic rings. The van der Waals surface area contributed by atoms with Crippen molar-refractivity contribution in [1.29, 1.82) is 0 Å². The predicted molar refractivity (Wildman–Crippen MR) is 95.5 cm³/mol. The van der Waals surface area contributed by atoms with Gasteiger partial charge in [-0.15, -0.1) is 13.2 Å². The molecule has 0 aliphatic rings. The van der Waals surface area contributed by atoms with Crippen molar-refractivity contribution in [2.24, 2.45) is 0 Å². The first-order valence-electron chi connectivity index (χ1n) is 8.03. The number of carbonyl (C=O) groups excluding carboxylic acids is 1. The van der Waals surface area contributed by atoms with E-state index in [0.29, 0.717) is 5.76 Å². The van der Waals surface area contributed by atoms with Gasteiger partial charge in [-0.3, -0.25) is 4.79 Å². The summed E-state index contributed by atoms with van der Waals surface area (Å²) < 4.78 is 64.0. The average Bonchev–Trinajstić information content (AvgIpc) is 3.10. The van der Waals surface area contributed by atoms with E-state index in [-0.39, 0.29) is 28.8 Å². The van der Waals surface area contributed by atoms with E-state index < -0.39 is 23.8 Å². The predicted octanol–water partition coefficient (Wildman–Crippen LogP) is 5.80. The van der Waals surface area contributed by atoms with Crippen LogP contribution in [-0.2, 0) is 6.61 Å². The molecule has 152 valence electrons. The molecule has 1 heterocycles. The van der Waals surface area contributed by atoms with E-state index in [2.05, 4.69) is 10.1 Å². The molecule has 10 heteroatoms. The van der Waals surface area contributed by atoms with Gasteiger partial charge >= 0.3 is 6.36 Å². The number of nitrogens with one attached hydrogen (secondary N) is 1. The molecule has 2 aromatic carbocycles. The van der Waals surface area contributed by atoms with Crippen LogP contribution in [0.3, 0.4) is 0 Å². The van der Waals surface area contributed by atoms with E-state index in [0.717, 1.165) is 18.2 Å². The number of ether oxygens (including phenoxy) is 2. The van der Waals surface area contributed by atoms with Crippen molar-refractivity contribution in [3.8, 4) is 11.5 Å². The normalized spacial score (nSPS) is 11.2. The molecular formula is C19H12ClF4NO4. The van der Waals surface area contributed by atoms with Gasteiger partial charge in [0.25, 0.3) is 5.91 Å². The largest absolute Gasteiger partial charge is 0.573 e. The molecule has 0 bridgehead atoms. The zero-order chi connectivity index (χ0) is 21.0. The van der Waals surface area contributed by atoms with Crippen molar-refractivity contribution in [1.82, 2.24) is 0 Å². The first kappa shape index (κ1) is 20.5. The van der Waals surface area contributed by atoms with E-state index >= 15 is 0 Å². The monoisotopic (exact) mass is 429 g/mol. The molecule has 1 aromatic heterocycles. The van der Waals surface area contributed by atoms with Gasteiger partial charge in [0, 0.05) is 5.69 Å². The minimum atomic E-state index is -4.80. The number of hydrogen-bond donors (Lipinski definition) is 1. The Labute approximate surface area is 166 Å². The standard InChI is InChI=1S/C19H12ClF4NO4/c20-15-9-11(21)1-7-16(15)27-10-14-6-8-17(28-14)18(26)25-12-2-4-13(5-3-12)29-19(22,23)24/h1-9H,10H2,(H,25,26). The maximum Gasteiger partial charge on any atom is 0.573 e. The number of benzene rings is 2. The summed E-state index contributed by atoms with van der Waals surface area (Å²) in [6, 6.07) is 11.2. The molecule has 0 fully saturated rings. The molecule has 0 radical (unpaired) electrons. The lowest BCUT2D eigenvalue weighted by molar-refractivity contribution is -0.274. The van der Waals surface area contributed by atoms with Gasteiger partial charge in [-0.2, -0.15) is 0 Å². The fourth-order valence-electron chi connectivity index (χ4n) is 2.25. The van der Waals surface area contributed by atoms with E-state index in [1.807, 2.05) is 0 Å². The third-order valence-corrected chi connectivity index (χ3v) is 3.79. The minimum Gasteiger partial charge on any atom is -0.484 e. The molecule has 0 saturated carbocycles. The van der Waals surface area contributed by atoms with E-state index in [1.54, 1.807) is 0 Å². The van der Waals surface area contributed by atoms with E-state index in [1.165, 1.54) is 36.4 Å². The fourth-order valence-corrected chi connectivity index (χ4v) is 2.47. The Kier molecular flexibility index (Phi) is 5.97. The highest BCUT2D eigenvalue weighted by Gasteiger charge is 2.31. The van der Waals surface area contributed by atoms with Crippen LogP contribution < -0.4 is 14.8 Å². The van der Waals surface area contributed by atoms with Crippen molar-refractivity contribution < 1.29 is 36.2 Å². The molecule has 0 atom stereocenters. The smallest absolute Gasteiger partial charge is 0.484 e. The Morgan fingerprint density at radius 3 is 2.45 bits per heavy atom. The quantitative estimate of drug-likeness (QED) is 0.503. The molecule has 0 aliphatic carbocycles. The fraction of sp³-hybridized carbons (Fsp3) is 0.105. The maximum atomic E-state index is 13.0. The van der Waals surface area contributed by atoms with Gasteiger partial charge in [-0.1, -0.05) is 11.6 Å². The summed E-state index contributed by atoms with van der Waals surface area (Å²) in [5.74, 6) is -1.00. The Hall–Kier alpha value is -3.20. The lowest BCUT2D eigenvalue weighted by atomic mass is 10.3. The second-order valence-electron chi connectivity index (χ2n) is 5.66. The van der Waals surface area contributed by atoms with Crippen molar-refractivity contribution in [2.45, 2.75) is 13.0 Å². The first-order valence-corrected chi connectivity index (χ1v) is 8.41. The van der Waals surface area contributed by atoms with Gasteiger partial charge in [0.15, 0.2) is 5.76 Å². The number of amides is 1. The van der Waals surface area contributed by atoms with Crippen molar-refractivity contribution >= 4 is 23.2 Å². The number of carbonyl (C=O) groups is 1. The number of anilines is 1. The van der Waals surface area contributed by atoms with Crippen LogP contribution in [0.15, 0.2) is 59.0 Å². The van der Waals surface area contributed by atoms with Crippen molar-refractivity contribution in [3.05, 3.63) is 77.0 Å². The number of alkyl halides is 3. The lowest BCUT2D eigenvalue weighted by Crippen LogP contribution is -2.17. The summed E-state index contributed by atoms with van der Waals surface area (Å²) in [5.41, 5.74) is 0.247. The molecule has 0 spiro atoms. The zero-order valence-electron chi connectivity index (χ0n) is 14.4. The Bertz CT molecular complexity index is 1000. The molecule has 0 saturated heterocycles. The van der Waals surface area contributed by atoms with Gasteiger partial charge in [-0.25, -0.2) is 4.39 Å². The molecule has 3 rings (SSSR count). The average molecular weight is 430 g/mol. The van der Waals surface area contributed by atoms with Crippen LogP contribution in [0.4, 0.5) is 23.2 Å². The van der Waals surface area contributed by atoms with E-state index in [4.69, 9.17) is 20.8 Å². The van der Waals surface area contributed by atoms with Crippen LogP contribution in [0.25, 0.3) is 0 Å². The van der Waals surface area contributed by atoms with Gasteiger partial charge in [0.2, 0.25) is 0 Å². The summed E-state index contributed by atoms with van der Waals surface area (Å²) >= 11 is 5.86. The molecule has 0 unspecified atom stereocenters.